The van der Waals surface area contributed by atoms with Gasteiger partial charge in [0.05, 0.1) is 11.4 Å². The Kier molecular flexibility index (Phi) is 6.49. The number of hydrogen-bond acceptors (Lipinski definition) is 4. The van der Waals surface area contributed by atoms with Gasteiger partial charge in [-0.2, -0.15) is 0 Å². The highest BCUT2D eigenvalue weighted by Gasteiger charge is 2.20. The molecule has 0 saturated carbocycles. The highest BCUT2D eigenvalue weighted by atomic mass is 16.3. The third-order valence-corrected chi connectivity index (χ3v) is 5.28. The smallest absolute Gasteiger partial charge is 0.287 e. The Morgan fingerprint density at radius 3 is 2.41 bits per heavy atom. The number of amides is 1. The number of rotatable bonds is 7. The van der Waals surface area contributed by atoms with Crippen molar-refractivity contribution < 1.29 is 9.21 Å². The molecule has 0 aliphatic heterocycles. The molecule has 0 unspecified atom stereocenters. The average Bonchev–Trinajstić information content (AvgIpc) is 2.72. The zero-order valence-corrected chi connectivity index (χ0v) is 17.5. The van der Waals surface area contributed by atoms with E-state index in [1.165, 1.54) is 6.07 Å². The van der Waals surface area contributed by atoms with Gasteiger partial charge in [0.25, 0.3) is 5.91 Å². The lowest BCUT2D eigenvalue weighted by atomic mass is 10.0. The van der Waals surface area contributed by atoms with Crippen LogP contribution in [0.3, 0.4) is 0 Å². The normalized spacial score (nSPS) is 12.3. The van der Waals surface area contributed by atoms with E-state index in [-0.39, 0.29) is 23.1 Å². The van der Waals surface area contributed by atoms with Crippen molar-refractivity contribution in [3.8, 4) is 0 Å². The second-order valence-electron chi connectivity index (χ2n) is 7.29. The highest BCUT2D eigenvalue weighted by Crippen LogP contribution is 2.21. The Morgan fingerprint density at radius 2 is 1.76 bits per heavy atom. The van der Waals surface area contributed by atoms with E-state index in [9.17, 15) is 9.59 Å². The first-order chi connectivity index (χ1) is 13.9. The molecule has 1 aromatic heterocycles. The third kappa shape index (κ3) is 4.57. The molecule has 5 heteroatoms. The molecule has 152 valence electrons. The lowest BCUT2D eigenvalue weighted by Gasteiger charge is -2.30. The summed E-state index contributed by atoms with van der Waals surface area (Å²) in [4.78, 5) is 27.6. The molecular formula is C24H28N2O3. The van der Waals surface area contributed by atoms with Crippen LogP contribution in [0.15, 0.2) is 57.7 Å². The van der Waals surface area contributed by atoms with Crippen molar-refractivity contribution in [1.82, 2.24) is 10.2 Å². The fourth-order valence-corrected chi connectivity index (χ4v) is 3.79. The van der Waals surface area contributed by atoms with Gasteiger partial charge < -0.3 is 9.73 Å². The zero-order chi connectivity index (χ0) is 21.0. The van der Waals surface area contributed by atoms with E-state index in [1.807, 2.05) is 38.1 Å². The van der Waals surface area contributed by atoms with E-state index < -0.39 is 0 Å². The largest absolute Gasteiger partial charge is 0.450 e. The van der Waals surface area contributed by atoms with Crippen LogP contribution < -0.4 is 10.7 Å². The fraction of sp³-hybridized carbons (Fsp3) is 0.333. The summed E-state index contributed by atoms with van der Waals surface area (Å²) < 4.78 is 5.82. The number of aryl methyl sites for hydroxylation is 2. The van der Waals surface area contributed by atoms with Crippen molar-refractivity contribution in [1.29, 1.82) is 0 Å². The van der Waals surface area contributed by atoms with E-state index in [4.69, 9.17) is 4.42 Å². The van der Waals surface area contributed by atoms with Crippen LogP contribution in [0.2, 0.25) is 0 Å². The van der Waals surface area contributed by atoms with Crippen LogP contribution in [0.25, 0.3) is 11.0 Å². The average molecular weight is 392 g/mol. The molecule has 1 atom stereocenters. The minimum atomic E-state index is -0.378. The van der Waals surface area contributed by atoms with Crippen molar-refractivity contribution in [3.63, 3.8) is 0 Å². The molecule has 0 bridgehead atoms. The van der Waals surface area contributed by atoms with Crippen LogP contribution in [0.5, 0.6) is 0 Å². The van der Waals surface area contributed by atoms with Crippen LogP contribution in [0, 0.1) is 13.8 Å². The molecule has 29 heavy (non-hydrogen) atoms. The van der Waals surface area contributed by atoms with Crippen LogP contribution in [0.4, 0.5) is 0 Å². The highest BCUT2D eigenvalue weighted by molar-refractivity contribution is 5.93. The second kappa shape index (κ2) is 9.05. The molecule has 0 spiro atoms. The number of carbonyl (C=O) groups excluding carboxylic acids is 1. The monoisotopic (exact) mass is 392 g/mol. The maximum Gasteiger partial charge on any atom is 0.287 e. The first-order valence-corrected chi connectivity index (χ1v) is 10.1. The SMILES string of the molecule is CCN(CC)[C@@H](CNC(=O)c1cc(=O)c2cc(C)cc(C)c2o1)c1ccccc1. The van der Waals surface area contributed by atoms with Crippen molar-refractivity contribution in [2.45, 2.75) is 33.7 Å². The van der Waals surface area contributed by atoms with Gasteiger partial charge in [-0.1, -0.05) is 50.2 Å². The van der Waals surface area contributed by atoms with Gasteiger partial charge in [-0.25, -0.2) is 0 Å². The van der Waals surface area contributed by atoms with Gasteiger partial charge >= 0.3 is 0 Å². The minimum Gasteiger partial charge on any atom is -0.450 e. The maximum absolute atomic E-state index is 12.8. The lowest BCUT2D eigenvalue weighted by Crippen LogP contribution is -2.38. The Labute approximate surface area is 171 Å². The number of nitrogens with one attached hydrogen (secondary N) is 1. The molecule has 5 nitrogen and oxygen atoms in total. The summed E-state index contributed by atoms with van der Waals surface area (Å²) in [5.74, 6) is -0.335. The Hall–Kier alpha value is -2.92. The summed E-state index contributed by atoms with van der Waals surface area (Å²) in [6.07, 6.45) is 0. The molecule has 1 N–H and O–H groups in total. The minimum absolute atomic E-state index is 0.0424. The number of carbonyl (C=O) groups is 1. The van der Waals surface area contributed by atoms with Crippen LogP contribution in [0.1, 0.15) is 47.1 Å². The predicted molar refractivity (Wildman–Crippen MR) is 116 cm³/mol. The Balaban J connectivity index is 1.86. The number of benzene rings is 2. The first kappa shape index (κ1) is 20.8. The quantitative estimate of drug-likeness (QED) is 0.654. The van der Waals surface area contributed by atoms with Crippen LogP contribution >= 0.6 is 0 Å². The van der Waals surface area contributed by atoms with Crippen molar-refractivity contribution in [2.75, 3.05) is 19.6 Å². The van der Waals surface area contributed by atoms with Gasteiger partial charge in [-0.15, -0.1) is 0 Å². The van der Waals surface area contributed by atoms with Crippen molar-refractivity contribution in [2.24, 2.45) is 0 Å². The third-order valence-electron chi connectivity index (χ3n) is 5.28. The van der Waals surface area contributed by atoms with Crippen LogP contribution in [-0.2, 0) is 0 Å². The summed E-state index contributed by atoms with van der Waals surface area (Å²) in [5.41, 5.74) is 3.24. The number of likely N-dealkylation sites (N-methyl/N-ethyl adjacent to an activating group) is 1. The van der Waals surface area contributed by atoms with E-state index in [0.717, 1.165) is 29.8 Å². The molecule has 3 aromatic rings. The van der Waals surface area contributed by atoms with Gasteiger partial charge in [0, 0.05) is 12.6 Å². The first-order valence-electron chi connectivity index (χ1n) is 10.1. The second-order valence-corrected chi connectivity index (χ2v) is 7.29. The summed E-state index contributed by atoms with van der Waals surface area (Å²) in [5, 5.41) is 3.46. The molecule has 0 aliphatic carbocycles. The predicted octanol–water partition coefficient (Wildman–Crippen LogP) is 4.22. The zero-order valence-electron chi connectivity index (χ0n) is 17.5. The molecule has 0 fully saturated rings. The van der Waals surface area contributed by atoms with E-state index in [1.54, 1.807) is 6.07 Å². The molecule has 3 rings (SSSR count). The topological polar surface area (TPSA) is 62.6 Å². The van der Waals surface area contributed by atoms with Gasteiger partial charge in [0.1, 0.15) is 5.58 Å². The summed E-state index contributed by atoms with van der Waals surface area (Å²) >= 11 is 0. The summed E-state index contributed by atoms with van der Waals surface area (Å²) in [6, 6.07) is 15.2. The summed E-state index contributed by atoms with van der Waals surface area (Å²) in [7, 11) is 0. The van der Waals surface area contributed by atoms with Crippen molar-refractivity contribution >= 4 is 16.9 Å². The number of nitrogens with zero attached hydrogens (tertiary/aromatic N) is 1. The Morgan fingerprint density at radius 1 is 1.07 bits per heavy atom. The van der Waals surface area contributed by atoms with Gasteiger partial charge in [0.15, 0.2) is 11.2 Å². The van der Waals surface area contributed by atoms with E-state index in [2.05, 4.69) is 36.2 Å². The van der Waals surface area contributed by atoms with Gasteiger partial charge in [-0.3, -0.25) is 14.5 Å². The molecule has 0 saturated heterocycles. The molecular weight excluding hydrogens is 364 g/mol. The molecule has 0 aliphatic rings. The molecule has 1 amide bonds. The standard InChI is InChI=1S/C24H28N2O3/c1-5-26(6-2)20(18-10-8-7-9-11-18)15-25-24(28)22-14-21(27)19-13-16(3)12-17(4)23(19)29-22/h7-14,20H,5-6,15H2,1-4H3,(H,25,28)/t20-/m0/s1. The molecule has 2 aromatic carbocycles. The number of fused-ring (bicyclic) bond motifs is 1. The maximum atomic E-state index is 12.8. The van der Waals surface area contributed by atoms with Crippen molar-refractivity contribution in [3.05, 3.63) is 81.2 Å². The molecule has 1 heterocycles. The van der Waals surface area contributed by atoms with Gasteiger partial charge in [0.2, 0.25) is 0 Å². The molecule has 0 radical (unpaired) electrons. The van der Waals surface area contributed by atoms with Gasteiger partial charge in [-0.05, 0) is 49.7 Å². The van der Waals surface area contributed by atoms with Crippen LogP contribution in [-0.4, -0.2) is 30.4 Å². The summed E-state index contributed by atoms with van der Waals surface area (Å²) in [6.45, 7) is 10.2. The van der Waals surface area contributed by atoms with E-state index >= 15 is 0 Å². The Bertz CT molecular complexity index is 1050. The number of hydrogen-bond donors (Lipinski definition) is 1. The fourth-order valence-electron chi connectivity index (χ4n) is 3.79. The van der Waals surface area contributed by atoms with E-state index in [0.29, 0.717) is 17.5 Å². The lowest BCUT2D eigenvalue weighted by molar-refractivity contribution is 0.0908.